The van der Waals surface area contributed by atoms with Gasteiger partial charge < -0.3 is 10.0 Å². The van der Waals surface area contributed by atoms with Crippen molar-refractivity contribution in [3.05, 3.63) is 24.0 Å². The van der Waals surface area contributed by atoms with Gasteiger partial charge in [0.1, 0.15) is 11.6 Å². The van der Waals surface area contributed by atoms with Crippen LogP contribution >= 0.6 is 0 Å². The zero-order chi connectivity index (χ0) is 14.0. The summed E-state index contributed by atoms with van der Waals surface area (Å²) in [5.74, 6) is -1.99. The minimum atomic E-state index is -1.14. The van der Waals surface area contributed by atoms with E-state index in [4.69, 9.17) is 5.11 Å². The fourth-order valence-electron chi connectivity index (χ4n) is 2.13. The number of carbonyl (C=O) groups excluding carboxylic acids is 2. The fraction of sp³-hybridized carbons (Fsp3) is 0.333. The van der Waals surface area contributed by atoms with Gasteiger partial charge in [0.15, 0.2) is 0 Å². The third-order valence-corrected chi connectivity index (χ3v) is 2.98. The first-order chi connectivity index (χ1) is 9.04. The number of imide groups is 1. The molecule has 0 saturated carbocycles. The van der Waals surface area contributed by atoms with Crippen molar-refractivity contribution in [1.82, 2.24) is 10.3 Å². The molecule has 7 heteroatoms. The van der Waals surface area contributed by atoms with E-state index in [-0.39, 0.29) is 12.1 Å². The molecule has 2 rings (SSSR count). The van der Waals surface area contributed by atoms with Crippen LogP contribution in [-0.2, 0) is 9.59 Å². The Morgan fingerprint density at radius 2 is 2.32 bits per heavy atom. The zero-order valence-electron chi connectivity index (χ0n) is 10.3. The predicted octanol–water partition coefficient (Wildman–Crippen LogP) is 0.0212. The molecule has 100 valence electrons. The Labute approximate surface area is 109 Å². The van der Waals surface area contributed by atoms with Crippen LogP contribution in [0.15, 0.2) is 18.5 Å². The van der Waals surface area contributed by atoms with Gasteiger partial charge in [0, 0.05) is 12.4 Å². The molecular weight excluding hydrogens is 250 g/mol. The van der Waals surface area contributed by atoms with Crippen LogP contribution in [0.3, 0.4) is 0 Å². The van der Waals surface area contributed by atoms with Crippen LogP contribution in [0.4, 0.5) is 5.69 Å². The third kappa shape index (κ3) is 2.40. The Hall–Kier alpha value is -2.44. The van der Waals surface area contributed by atoms with Gasteiger partial charge in [-0.1, -0.05) is 6.92 Å². The molecule has 0 aromatic carbocycles. The quantitative estimate of drug-likeness (QED) is 0.746. The summed E-state index contributed by atoms with van der Waals surface area (Å²) >= 11 is 0. The maximum atomic E-state index is 11.8. The van der Waals surface area contributed by atoms with E-state index in [1.165, 1.54) is 23.4 Å². The number of pyridine rings is 1. The van der Waals surface area contributed by atoms with Gasteiger partial charge in [0.05, 0.1) is 12.2 Å². The second kappa shape index (κ2) is 5.05. The standard InChI is InChI=1S/C12H13N3O4/c1-2-8-11(17)14-10(16)6-15(8)9-3-4-13-5-7(9)12(18)19/h3-5,8H,2,6H2,1H3,(H,18,19)(H,14,16,17). The summed E-state index contributed by atoms with van der Waals surface area (Å²) in [5, 5.41) is 11.4. The number of nitrogens with one attached hydrogen (secondary N) is 1. The lowest BCUT2D eigenvalue weighted by Gasteiger charge is -2.35. The van der Waals surface area contributed by atoms with E-state index in [1.54, 1.807) is 6.92 Å². The fourth-order valence-corrected chi connectivity index (χ4v) is 2.13. The summed E-state index contributed by atoms with van der Waals surface area (Å²) in [6, 6.07) is 0.941. The second-order valence-electron chi connectivity index (χ2n) is 4.16. The number of carboxylic acid groups (broad SMARTS) is 1. The number of hydrogen-bond donors (Lipinski definition) is 2. The molecule has 1 fully saturated rings. The number of nitrogens with zero attached hydrogens (tertiary/aromatic N) is 2. The van der Waals surface area contributed by atoms with E-state index in [0.717, 1.165) is 0 Å². The van der Waals surface area contributed by atoms with Gasteiger partial charge in [-0.2, -0.15) is 0 Å². The van der Waals surface area contributed by atoms with Crippen LogP contribution in [0.1, 0.15) is 23.7 Å². The Morgan fingerprint density at radius 1 is 1.58 bits per heavy atom. The number of hydrogen-bond acceptors (Lipinski definition) is 5. The van der Waals surface area contributed by atoms with Crippen LogP contribution in [0.2, 0.25) is 0 Å². The van der Waals surface area contributed by atoms with E-state index in [2.05, 4.69) is 10.3 Å². The number of carbonyl (C=O) groups is 3. The topological polar surface area (TPSA) is 99.6 Å². The summed E-state index contributed by atoms with van der Waals surface area (Å²) in [7, 11) is 0. The third-order valence-electron chi connectivity index (χ3n) is 2.98. The molecule has 0 spiro atoms. The van der Waals surface area contributed by atoms with Crippen LogP contribution in [0.25, 0.3) is 0 Å². The van der Waals surface area contributed by atoms with Gasteiger partial charge in [0.25, 0.3) is 0 Å². The molecule has 0 bridgehead atoms. The van der Waals surface area contributed by atoms with E-state index < -0.39 is 23.8 Å². The highest BCUT2D eigenvalue weighted by Gasteiger charge is 2.34. The Kier molecular flexibility index (Phi) is 3.46. The lowest BCUT2D eigenvalue weighted by atomic mass is 10.1. The summed E-state index contributed by atoms with van der Waals surface area (Å²) in [6.07, 6.45) is 3.12. The van der Waals surface area contributed by atoms with Crippen molar-refractivity contribution in [2.75, 3.05) is 11.4 Å². The maximum Gasteiger partial charge on any atom is 0.339 e. The molecule has 1 aromatic heterocycles. The average Bonchev–Trinajstić information content (AvgIpc) is 2.37. The van der Waals surface area contributed by atoms with Crippen molar-refractivity contribution in [1.29, 1.82) is 0 Å². The molecule has 1 aliphatic heterocycles. The first-order valence-electron chi connectivity index (χ1n) is 5.82. The van der Waals surface area contributed by atoms with Gasteiger partial charge in [-0.05, 0) is 12.5 Å². The smallest absolute Gasteiger partial charge is 0.339 e. The maximum absolute atomic E-state index is 11.8. The number of amides is 2. The van der Waals surface area contributed by atoms with Gasteiger partial charge in [0.2, 0.25) is 11.8 Å². The molecule has 1 unspecified atom stereocenters. The van der Waals surface area contributed by atoms with Gasteiger partial charge >= 0.3 is 5.97 Å². The number of rotatable bonds is 3. The minimum Gasteiger partial charge on any atom is -0.478 e. The SMILES string of the molecule is CCC1C(=O)NC(=O)CN1c1ccncc1C(=O)O. The molecule has 1 aliphatic rings. The van der Waals surface area contributed by atoms with Crippen molar-refractivity contribution in [3.63, 3.8) is 0 Å². The summed E-state index contributed by atoms with van der Waals surface area (Å²) in [6.45, 7) is 1.75. The minimum absolute atomic E-state index is 0.0246. The highest BCUT2D eigenvalue weighted by atomic mass is 16.4. The van der Waals surface area contributed by atoms with Gasteiger partial charge in [-0.25, -0.2) is 4.79 Å². The molecular formula is C12H13N3O4. The van der Waals surface area contributed by atoms with Gasteiger partial charge in [-0.3, -0.25) is 19.9 Å². The molecule has 1 atom stereocenters. The highest BCUT2D eigenvalue weighted by Crippen LogP contribution is 2.24. The molecule has 7 nitrogen and oxygen atoms in total. The summed E-state index contributed by atoms with van der Waals surface area (Å²) in [5.41, 5.74) is 0.306. The van der Waals surface area contributed by atoms with E-state index in [1.807, 2.05) is 0 Å². The lowest BCUT2D eigenvalue weighted by molar-refractivity contribution is -0.132. The zero-order valence-corrected chi connectivity index (χ0v) is 10.3. The van der Waals surface area contributed by atoms with Crippen molar-refractivity contribution in [2.45, 2.75) is 19.4 Å². The van der Waals surface area contributed by atoms with Crippen LogP contribution in [0, 0.1) is 0 Å². The van der Waals surface area contributed by atoms with E-state index in [0.29, 0.717) is 12.1 Å². The number of piperazine rings is 1. The molecule has 0 radical (unpaired) electrons. The molecule has 19 heavy (non-hydrogen) atoms. The van der Waals surface area contributed by atoms with Crippen molar-refractivity contribution < 1.29 is 19.5 Å². The monoisotopic (exact) mass is 263 g/mol. The molecule has 1 saturated heterocycles. The number of aromatic nitrogens is 1. The van der Waals surface area contributed by atoms with Crippen LogP contribution < -0.4 is 10.2 Å². The molecule has 0 aliphatic carbocycles. The normalized spacial score (nSPS) is 19.2. The van der Waals surface area contributed by atoms with Crippen molar-refractivity contribution >= 4 is 23.5 Å². The Bertz CT molecular complexity index is 544. The van der Waals surface area contributed by atoms with E-state index >= 15 is 0 Å². The molecule has 1 aromatic rings. The van der Waals surface area contributed by atoms with Crippen molar-refractivity contribution in [3.8, 4) is 0 Å². The number of aromatic carboxylic acids is 1. The van der Waals surface area contributed by atoms with Crippen LogP contribution in [-0.4, -0.2) is 40.5 Å². The number of anilines is 1. The van der Waals surface area contributed by atoms with E-state index in [9.17, 15) is 14.4 Å². The highest BCUT2D eigenvalue weighted by molar-refractivity contribution is 6.06. The largest absolute Gasteiger partial charge is 0.478 e. The summed E-state index contributed by atoms with van der Waals surface area (Å²) in [4.78, 5) is 39.7. The molecule has 2 amide bonds. The Morgan fingerprint density at radius 3 is 2.95 bits per heavy atom. The van der Waals surface area contributed by atoms with Crippen LogP contribution in [0.5, 0.6) is 0 Å². The molecule has 2 heterocycles. The van der Waals surface area contributed by atoms with Crippen molar-refractivity contribution in [2.24, 2.45) is 0 Å². The predicted molar refractivity (Wildman–Crippen MR) is 65.8 cm³/mol. The average molecular weight is 263 g/mol. The second-order valence-corrected chi connectivity index (χ2v) is 4.16. The molecule has 2 N–H and O–H groups in total. The lowest BCUT2D eigenvalue weighted by Crippen LogP contribution is -2.58. The first kappa shape index (κ1) is 13.0. The van der Waals surface area contributed by atoms with Gasteiger partial charge in [-0.15, -0.1) is 0 Å². The number of carboxylic acids is 1. The summed E-state index contributed by atoms with van der Waals surface area (Å²) < 4.78 is 0. The Balaban J connectivity index is 2.46. The first-order valence-corrected chi connectivity index (χ1v) is 5.82.